The normalized spacial score (nSPS) is 23.5. The molecule has 2 aliphatic rings. The summed E-state index contributed by atoms with van der Waals surface area (Å²) in [6.07, 6.45) is 3.30. The average Bonchev–Trinajstić information content (AvgIpc) is 3.22. The molecule has 4 rings (SSSR count). The minimum atomic E-state index is 0.0726. The van der Waals surface area contributed by atoms with E-state index in [0.717, 1.165) is 61.1 Å². The van der Waals surface area contributed by atoms with Crippen LogP contribution in [0.2, 0.25) is 0 Å². The van der Waals surface area contributed by atoms with Crippen molar-refractivity contribution in [3.63, 3.8) is 0 Å². The standard InChI is InChI=1S/C17H27N5OS/c1-17(2,3)14-11-22-15(18-14)24-16(19-22)21-7-5-20(6-8-21)10-13-4-9-23-12-13/h11,13H,4-10,12H2,1-3H3. The van der Waals surface area contributed by atoms with Crippen molar-refractivity contribution in [2.24, 2.45) is 5.92 Å². The predicted octanol–water partition coefficient (Wildman–Crippen LogP) is 2.25. The van der Waals surface area contributed by atoms with Gasteiger partial charge in [-0.05, 0) is 12.3 Å². The fourth-order valence-electron chi connectivity index (χ4n) is 3.39. The lowest BCUT2D eigenvalue weighted by Gasteiger charge is -2.35. The molecule has 0 N–H and O–H groups in total. The molecule has 0 aromatic carbocycles. The molecule has 0 saturated carbocycles. The van der Waals surface area contributed by atoms with Crippen LogP contribution in [0, 0.1) is 5.92 Å². The van der Waals surface area contributed by atoms with E-state index in [9.17, 15) is 0 Å². The molecular formula is C17H27N5OS. The van der Waals surface area contributed by atoms with Gasteiger partial charge in [-0.2, -0.15) is 0 Å². The predicted molar refractivity (Wildman–Crippen MR) is 97.1 cm³/mol. The Kier molecular flexibility index (Phi) is 4.26. The van der Waals surface area contributed by atoms with Crippen molar-refractivity contribution in [3.05, 3.63) is 11.9 Å². The van der Waals surface area contributed by atoms with Crippen molar-refractivity contribution in [2.45, 2.75) is 32.6 Å². The number of anilines is 1. The van der Waals surface area contributed by atoms with Gasteiger partial charge in [0.25, 0.3) is 0 Å². The van der Waals surface area contributed by atoms with E-state index in [4.69, 9.17) is 14.8 Å². The maximum absolute atomic E-state index is 5.49. The average molecular weight is 350 g/mol. The van der Waals surface area contributed by atoms with Crippen LogP contribution >= 0.6 is 11.3 Å². The van der Waals surface area contributed by atoms with Crippen LogP contribution in [0.4, 0.5) is 5.13 Å². The van der Waals surface area contributed by atoms with Crippen LogP contribution in [-0.2, 0) is 10.2 Å². The minimum Gasteiger partial charge on any atom is -0.381 e. The van der Waals surface area contributed by atoms with Crippen LogP contribution < -0.4 is 4.90 Å². The third-order valence-electron chi connectivity index (χ3n) is 4.98. The Morgan fingerprint density at radius 3 is 2.67 bits per heavy atom. The van der Waals surface area contributed by atoms with E-state index >= 15 is 0 Å². The highest BCUT2D eigenvalue weighted by molar-refractivity contribution is 7.20. The van der Waals surface area contributed by atoms with Crippen LogP contribution in [0.15, 0.2) is 6.20 Å². The number of hydrogen-bond donors (Lipinski definition) is 0. The first kappa shape index (κ1) is 16.3. The molecule has 2 saturated heterocycles. The second-order valence-corrected chi connectivity index (χ2v) is 8.94. The number of piperazine rings is 1. The summed E-state index contributed by atoms with van der Waals surface area (Å²) in [5, 5.41) is 5.86. The number of imidazole rings is 1. The molecule has 1 unspecified atom stereocenters. The first-order chi connectivity index (χ1) is 11.5. The number of fused-ring (bicyclic) bond motifs is 1. The van der Waals surface area contributed by atoms with E-state index in [2.05, 4.69) is 36.8 Å². The number of ether oxygens (including phenoxy) is 1. The molecule has 0 bridgehead atoms. The van der Waals surface area contributed by atoms with Crippen molar-refractivity contribution in [3.8, 4) is 0 Å². The Balaban J connectivity index is 1.38. The zero-order valence-corrected chi connectivity index (χ0v) is 15.7. The van der Waals surface area contributed by atoms with E-state index < -0.39 is 0 Å². The maximum atomic E-state index is 5.49. The second-order valence-electron chi connectivity index (χ2n) is 8.01. The van der Waals surface area contributed by atoms with Gasteiger partial charge in [0, 0.05) is 44.7 Å². The number of nitrogens with zero attached hydrogens (tertiary/aromatic N) is 5. The van der Waals surface area contributed by atoms with E-state index in [0.29, 0.717) is 0 Å². The number of hydrogen-bond acceptors (Lipinski definition) is 6. The van der Waals surface area contributed by atoms with E-state index in [1.807, 2.05) is 4.52 Å². The van der Waals surface area contributed by atoms with Gasteiger partial charge in [-0.1, -0.05) is 32.1 Å². The van der Waals surface area contributed by atoms with Gasteiger partial charge in [-0.3, -0.25) is 4.90 Å². The van der Waals surface area contributed by atoms with Crippen LogP contribution in [0.25, 0.3) is 4.96 Å². The summed E-state index contributed by atoms with van der Waals surface area (Å²) in [7, 11) is 0. The van der Waals surface area contributed by atoms with Crippen molar-refractivity contribution < 1.29 is 4.74 Å². The molecule has 0 radical (unpaired) electrons. The molecule has 0 amide bonds. The molecular weight excluding hydrogens is 322 g/mol. The lowest BCUT2D eigenvalue weighted by Crippen LogP contribution is -2.47. The molecule has 2 aromatic rings. The summed E-state index contributed by atoms with van der Waals surface area (Å²) in [4.78, 5) is 10.7. The first-order valence-corrected chi connectivity index (χ1v) is 9.72. The van der Waals surface area contributed by atoms with Gasteiger partial charge >= 0.3 is 0 Å². The van der Waals surface area contributed by atoms with Crippen molar-refractivity contribution in [1.29, 1.82) is 0 Å². The molecule has 2 aliphatic heterocycles. The van der Waals surface area contributed by atoms with Gasteiger partial charge in [-0.25, -0.2) is 9.50 Å². The summed E-state index contributed by atoms with van der Waals surface area (Å²) in [6, 6.07) is 0. The van der Waals surface area contributed by atoms with E-state index in [1.54, 1.807) is 11.3 Å². The lowest BCUT2D eigenvalue weighted by atomic mass is 9.93. The third kappa shape index (κ3) is 3.30. The van der Waals surface area contributed by atoms with Gasteiger partial charge < -0.3 is 9.64 Å². The monoisotopic (exact) mass is 349 g/mol. The van der Waals surface area contributed by atoms with Crippen LogP contribution in [0.5, 0.6) is 0 Å². The molecule has 0 aliphatic carbocycles. The molecule has 4 heterocycles. The van der Waals surface area contributed by atoms with Gasteiger partial charge in [0.2, 0.25) is 10.1 Å². The zero-order chi connectivity index (χ0) is 16.7. The van der Waals surface area contributed by atoms with Crippen molar-refractivity contribution in [2.75, 3.05) is 50.8 Å². The lowest BCUT2D eigenvalue weighted by molar-refractivity contribution is 0.164. The summed E-state index contributed by atoms with van der Waals surface area (Å²) in [5.74, 6) is 0.732. The Morgan fingerprint density at radius 1 is 1.25 bits per heavy atom. The summed E-state index contributed by atoms with van der Waals surface area (Å²) in [5.41, 5.74) is 1.18. The second kappa shape index (κ2) is 6.28. The van der Waals surface area contributed by atoms with Crippen LogP contribution in [-0.4, -0.2) is 65.4 Å². The Hall–Kier alpha value is -1.18. The topological polar surface area (TPSA) is 45.9 Å². The highest BCUT2D eigenvalue weighted by Crippen LogP contribution is 2.28. The van der Waals surface area contributed by atoms with Gasteiger partial charge in [0.15, 0.2) is 0 Å². The Bertz CT molecular complexity index is 658. The summed E-state index contributed by atoms with van der Waals surface area (Å²) in [6.45, 7) is 14.0. The minimum absolute atomic E-state index is 0.0726. The van der Waals surface area contributed by atoms with Gasteiger partial charge in [-0.15, -0.1) is 5.10 Å². The molecule has 2 fully saturated rings. The quantitative estimate of drug-likeness (QED) is 0.850. The number of rotatable bonds is 3. The molecule has 7 heteroatoms. The zero-order valence-electron chi connectivity index (χ0n) is 14.9. The molecule has 24 heavy (non-hydrogen) atoms. The molecule has 6 nitrogen and oxygen atoms in total. The van der Waals surface area contributed by atoms with Crippen molar-refractivity contribution in [1.82, 2.24) is 19.5 Å². The Morgan fingerprint density at radius 2 is 2.04 bits per heavy atom. The fraction of sp³-hybridized carbons (Fsp3) is 0.765. The molecule has 1 atom stereocenters. The molecule has 132 valence electrons. The highest BCUT2D eigenvalue weighted by Gasteiger charge is 2.25. The smallest absolute Gasteiger partial charge is 0.214 e. The third-order valence-corrected chi connectivity index (χ3v) is 5.97. The largest absolute Gasteiger partial charge is 0.381 e. The fourth-order valence-corrected chi connectivity index (χ4v) is 4.33. The SMILES string of the molecule is CC(C)(C)c1cn2nc(N3CCN(CC4CCOC4)CC3)sc2n1. The van der Waals surface area contributed by atoms with E-state index in [-0.39, 0.29) is 5.41 Å². The molecule has 2 aromatic heterocycles. The van der Waals surface area contributed by atoms with E-state index in [1.165, 1.54) is 13.0 Å². The Labute approximate surface area is 147 Å². The summed E-state index contributed by atoms with van der Waals surface area (Å²) >= 11 is 1.70. The molecule has 0 spiro atoms. The first-order valence-electron chi connectivity index (χ1n) is 8.91. The highest BCUT2D eigenvalue weighted by atomic mass is 32.1. The van der Waals surface area contributed by atoms with Crippen LogP contribution in [0.1, 0.15) is 32.9 Å². The maximum Gasteiger partial charge on any atom is 0.214 e. The van der Waals surface area contributed by atoms with Gasteiger partial charge in [0.05, 0.1) is 18.5 Å². The van der Waals surface area contributed by atoms with Crippen LogP contribution in [0.3, 0.4) is 0 Å². The van der Waals surface area contributed by atoms with Gasteiger partial charge in [0.1, 0.15) is 0 Å². The number of aromatic nitrogens is 3. The summed E-state index contributed by atoms with van der Waals surface area (Å²) < 4.78 is 7.44. The van der Waals surface area contributed by atoms with Crippen molar-refractivity contribution >= 4 is 21.4 Å².